The summed E-state index contributed by atoms with van der Waals surface area (Å²) < 4.78 is 41.9. The van der Waals surface area contributed by atoms with E-state index in [4.69, 9.17) is 0 Å². The highest BCUT2D eigenvalue weighted by Gasteiger charge is 2.22. The van der Waals surface area contributed by atoms with Gasteiger partial charge in [-0.25, -0.2) is 18.2 Å². The average molecular weight is 407 g/mol. The molecule has 1 N–H and O–H groups in total. The molecule has 0 saturated heterocycles. The molecule has 0 aliphatic heterocycles. The van der Waals surface area contributed by atoms with Gasteiger partial charge in [0.15, 0.2) is 29.1 Å². The maximum atomic E-state index is 14.0. The third kappa shape index (κ3) is 3.14. The summed E-state index contributed by atoms with van der Waals surface area (Å²) in [5, 5.41) is 16.7. The molecule has 148 valence electrons. The molecule has 0 saturated carbocycles. The van der Waals surface area contributed by atoms with E-state index in [9.17, 15) is 23.2 Å². The van der Waals surface area contributed by atoms with Crippen molar-refractivity contribution in [3.63, 3.8) is 0 Å². The summed E-state index contributed by atoms with van der Waals surface area (Å²) in [7, 11) is 0. The van der Waals surface area contributed by atoms with Gasteiger partial charge in [0.05, 0.1) is 17.3 Å². The summed E-state index contributed by atoms with van der Waals surface area (Å²) in [5.74, 6) is -5.63. The molecule has 2 heterocycles. The Balaban J connectivity index is 1.79. The number of carbonyl (C=O) groups excluding carboxylic acids is 1. The van der Waals surface area contributed by atoms with Gasteiger partial charge in [0.2, 0.25) is 0 Å². The second-order valence-electron chi connectivity index (χ2n) is 6.42. The minimum atomic E-state index is -1.76. The number of para-hydroxylation sites is 1. The minimum Gasteiger partial charge on any atom is -0.305 e. The van der Waals surface area contributed by atoms with E-state index >= 15 is 0 Å². The maximum absolute atomic E-state index is 14.0. The highest BCUT2D eigenvalue weighted by Crippen LogP contribution is 2.24. The van der Waals surface area contributed by atoms with Crippen LogP contribution in [0.2, 0.25) is 0 Å². The lowest BCUT2D eigenvalue weighted by molar-refractivity contribution is 0.102. The molecule has 4 aromatic rings. The molecule has 9 heteroatoms. The van der Waals surface area contributed by atoms with Crippen molar-refractivity contribution < 1.29 is 18.0 Å². The van der Waals surface area contributed by atoms with E-state index in [1.807, 2.05) is 31.2 Å². The van der Waals surface area contributed by atoms with Gasteiger partial charge >= 0.3 is 0 Å². The fourth-order valence-corrected chi connectivity index (χ4v) is 3.04. The first-order chi connectivity index (χ1) is 14.4. The van der Waals surface area contributed by atoms with E-state index in [-0.39, 0.29) is 11.4 Å². The van der Waals surface area contributed by atoms with Crippen LogP contribution in [-0.2, 0) is 0 Å². The van der Waals surface area contributed by atoms with Gasteiger partial charge in [0.25, 0.3) is 5.91 Å². The van der Waals surface area contributed by atoms with Crippen LogP contribution < -0.4 is 5.32 Å². The number of amides is 1. The van der Waals surface area contributed by atoms with Crippen LogP contribution in [0.5, 0.6) is 0 Å². The molecule has 4 rings (SSSR count). The molecule has 0 fully saturated rings. The molecule has 0 atom stereocenters. The Kier molecular flexibility index (Phi) is 4.68. The summed E-state index contributed by atoms with van der Waals surface area (Å²) in [4.78, 5) is 17.0. The van der Waals surface area contributed by atoms with Crippen LogP contribution in [0.1, 0.15) is 21.5 Å². The predicted molar refractivity (Wildman–Crippen MR) is 103 cm³/mol. The van der Waals surface area contributed by atoms with Crippen LogP contribution in [-0.4, -0.2) is 20.7 Å². The molecule has 1 amide bonds. The Hall–Kier alpha value is -4.19. The molecule has 0 aliphatic carbocycles. The number of nitrogens with one attached hydrogen (secondary N) is 1. The van der Waals surface area contributed by atoms with Gasteiger partial charge in [-0.15, -0.1) is 0 Å². The van der Waals surface area contributed by atoms with Crippen LogP contribution in [0.25, 0.3) is 16.7 Å². The lowest BCUT2D eigenvalue weighted by atomic mass is 10.1. The fraction of sp³-hybridized carbons (Fsp3) is 0.0476. The standard InChI is InChI=1S/C21H12F3N5O/c1-11-8-17(27-16-5-3-2-4-13(11)16)29-20(12(9-25)10-26-29)28-21(30)14-6-7-15(22)19(24)18(14)23/h2-8,10H,1H3,(H,28,30). The summed E-state index contributed by atoms with van der Waals surface area (Å²) in [6, 6.07) is 12.4. The first-order valence-electron chi connectivity index (χ1n) is 8.70. The Labute approximate surface area is 168 Å². The Bertz CT molecular complexity index is 1360. The van der Waals surface area contributed by atoms with Crippen molar-refractivity contribution in [2.45, 2.75) is 6.92 Å². The lowest BCUT2D eigenvalue weighted by Crippen LogP contribution is -2.18. The molecule has 0 aliphatic rings. The monoisotopic (exact) mass is 407 g/mol. The van der Waals surface area contributed by atoms with Crippen molar-refractivity contribution in [1.82, 2.24) is 14.8 Å². The highest BCUT2D eigenvalue weighted by molar-refractivity contribution is 6.04. The molecule has 0 bridgehead atoms. The number of hydrogen-bond donors (Lipinski definition) is 1. The van der Waals surface area contributed by atoms with E-state index in [0.717, 1.165) is 17.0 Å². The van der Waals surface area contributed by atoms with Gasteiger partial charge in [-0.1, -0.05) is 18.2 Å². The van der Waals surface area contributed by atoms with Crippen molar-refractivity contribution in [3.05, 3.63) is 82.8 Å². The van der Waals surface area contributed by atoms with Gasteiger partial charge in [-0.05, 0) is 36.8 Å². The van der Waals surface area contributed by atoms with Gasteiger partial charge in [0.1, 0.15) is 11.6 Å². The van der Waals surface area contributed by atoms with Gasteiger partial charge in [-0.3, -0.25) is 4.79 Å². The Morgan fingerprint density at radius 1 is 1.13 bits per heavy atom. The van der Waals surface area contributed by atoms with Crippen LogP contribution in [0.3, 0.4) is 0 Å². The van der Waals surface area contributed by atoms with Crippen LogP contribution >= 0.6 is 0 Å². The number of aryl methyl sites for hydroxylation is 1. The number of carbonyl (C=O) groups is 1. The van der Waals surface area contributed by atoms with E-state index in [1.165, 1.54) is 10.9 Å². The third-order valence-electron chi connectivity index (χ3n) is 4.53. The number of fused-ring (bicyclic) bond motifs is 1. The van der Waals surface area contributed by atoms with Gasteiger partial charge < -0.3 is 5.32 Å². The predicted octanol–water partition coefficient (Wildman–Crippen LogP) is 4.27. The van der Waals surface area contributed by atoms with E-state index < -0.39 is 28.9 Å². The number of pyridine rings is 1. The number of hydrogen-bond acceptors (Lipinski definition) is 4. The molecular formula is C21H12F3N5O. The van der Waals surface area contributed by atoms with Crippen LogP contribution in [0.15, 0.2) is 48.7 Å². The van der Waals surface area contributed by atoms with E-state index in [1.54, 1.807) is 12.1 Å². The Morgan fingerprint density at radius 2 is 1.90 bits per heavy atom. The zero-order chi connectivity index (χ0) is 21.4. The summed E-state index contributed by atoms with van der Waals surface area (Å²) >= 11 is 0. The molecule has 30 heavy (non-hydrogen) atoms. The smallest absolute Gasteiger partial charge is 0.259 e. The van der Waals surface area contributed by atoms with Crippen molar-refractivity contribution in [1.29, 1.82) is 5.26 Å². The number of halogens is 3. The normalized spacial score (nSPS) is 10.8. The number of rotatable bonds is 3. The third-order valence-corrected chi connectivity index (χ3v) is 4.53. The topological polar surface area (TPSA) is 83.6 Å². The first kappa shape index (κ1) is 19.1. The van der Waals surface area contributed by atoms with Crippen LogP contribution in [0, 0.1) is 35.7 Å². The zero-order valence-corrected chi connectivity index (χ0v) is 15.4. The van der Waals surface area contributed by atoms with Gasteiger partial charge in [0, 0.05) is 5.39 Å². The number of anilines is 1. The fourth-order valence-electron chi connectivity index (χ4n) is 3.04. The van der Waals surface area contributed by atoms with E-state index in [0.29, 0.717) is 17.4 Å². The molecule has 0 unspecified atom stereocenters. The molecule has 0 spiro atoms. The molecule has 2 aromatic heterocycles. The largest absolute Gasteiger partial charge is 0.305 e. The minimum absolute atomic E-state index is 0.0149. The molecule has 6 nitrogen and oxygen atoms in total. The Morgan fingerprint density at radius 3 is 2.67 bits per heavy atom. The molecule has 2 aromatic carbocycles. The first-order valence-corrected chi connectivity index (χ1v) is 8.70. The highest BCUT2D eigenvalue weighted by atomic mass is 19.2. The quantitative estimate of drug-likeness (QED) is 0.514. The number of benzene rings is 2. The molecule has 0 radical (unpaired) electrons. The summed E-state index contributed by atoms with van der Waals surface area (Å²) in [5.41, 5.74) is 0.825. The number of nitrogens with zero attached hydrogens (tertiary/aromatic N) is 4. The zero-order valence-electron chi connectivity index (χ0n) is 15.4. The van der Waals surface area contributed by atoms with Gasteiger partial charge in [-0.2, -0.15) is 15.0 Å². The van der Waals surface area contributed by atoms with Crippen molar-refractivity contribution >= 4 is 22.6 Å². The average Bonchev–Trinajstić information content (AvgIpc) is 3.14. The number of aromatic nitrogens is 3. The lowest BCUT2D eigenvalue weighted by Gasteiger charge is -2.11. The summed E-state index contributed by atoms with van der Waals surface area (Å²) in [6.07, 6.45) is 1.21. The van der Waals surface area contributed by atoms with Crippen molar-refractivity contribution in [2.24, 2.45) is 0 Å². The SMILES string of the molecule is Cc1cc(-n2ncc(C#N)c2NC(=O)c2ccc(F)c(F)c2F)nc2ccccc12. The maximum Gasteiger partial charge on any atom is 0.259 e. The van der Waals surface area contributed by atoms with Crippen LogP contribution in [0.4, 0.5) is 19.0 Å². The van der Waals surface area contributed by atoms with Crippen molar-refractivity contribution in [3.8, 4) is 11.9 Å². The number of nitriles is 1. The molecular weight excluding hydrogens is 395 g/mol. The van der Waals surface area contributed by atoms with Crippen molar-refractivity contribution in [2.75, 3.05) is 5.32 Å². The van der Waals surface area contributed by atoms with E-state index in [2.05, 4.69) is 15.4 Å². The second kappa shape index (κ2) is 7.33. The summed E-state index contributed by atoms with van der Waals surface area (Å²) in [6.45, 7) is 1.87. The second-order valence-corrected chi connectivity index (χ2v) is 6.42.